The van der Waals surface area contributed by atoms with Crippen LogP contribution in [0.25, 0.3) is 16.7 Å². The van der Waals surface area contributed by atoms with Crippen LogP contribution in [-0.2, 0) is 10.0 Å². The summed E-state index contributed by atoms with van der Waals surface area (Å²) in [5, 5.41) is 8.72. The minimum Gasteiger partial charge on any atom is -0.274 e. The lowest BCUT2D eigenvalue weighted by atomic mass is 10.1. The molecule has 29 heavy (non-hydrogen) atoms. The zero-order valence-electron chi connectivity index (χ0n) is 16.5. The fourth-order valence-corrected chi connectivity index (χ4v) is 4.79. The first-order chi connectivity index (χ1) is 13.9. The Morgan fingerprint density at radius 1 is 1.03 bits per heavy atom. The quantitative estimate of drug-likeness (QED) is 0.516. The molecule has 2 heterocycles. The van der Waals surface area contributed by atoms with E-state index in [-0.39, 0.29) is 10.7 Å². The Morgan fingerprint density at radius 2 is 1.79 bits per heavy atom. The number of fused-ring (bicyclic) bond motifs is 3. The summed E-state index contributed by atoms with van der Waals surface area (Å²) in [6, 6.07) is 12.8. The predicted octanol–water partition coefficient (Wildman–Crippen LogP) is 3.60. The molecule has 0 amide bonds. The molecule has 2 aromatic heterocycles. The minimum absolute atomic E-state index is 0.234. The summed E-state index contributed by atoms with van der Waals surface area (Å²) in [6.07, 6.45) is 2.15. The van der Waals surface area contributed by atoms with Gasteiger partial charge in [0, 0.05) is 13.0 Å². The summed E-state index contributed by atoms with van der Waals surface area (Å²) in [5.41, 5.74) is 4.02. The molecule has 8 heteroatoms. The van der Waals surface area contributed by atoms with E-state index < -0.39 is 10.0 Å². The van der Waals surface area contributed by atoms with Crippen LogP contribution in [0.1, 0.15) is 35.7 Å². The molecular formula is C21H21N5O2S. The lowest BCUT2D eigenvalue weighted by molar-refractivity contribution is 0.594. The average Bonchev–Trinajstić information content (AvgIpc) is 3.46. The van der Waals surface area contributed by atoms with Gasteiger partial charge in [0.1, 0.15) is 5.82 Å². The van der Waals surface area contributed by atoms with Crippen molar-refractivity contribution in [1.82, 2.24) is 19.6 Å². The van der Waals surface area contributed by atoms with Gasteiger partial charge in [-0.2, -0.15) is 0 Å². The Bertz CT molecular complexity index is 1370. The molecule has 0 saturated heterocycles. The van der Waals surface area contributed by atoms with Gasteiger partial charge >= 0.3 is 0 Å². The van der Waals surface area contributed by atoms with Crippen LogP contribution >= 0.6 is 0 Å². The monoisotopic (exact) mass is 407 g/mol. The van der Waals surface area contributed by atoms with E-state index in [2.05, 4.69) is 15.2 Å². The number of hydrogen-bond donors (Lipinski definition) is 0. The van der Waals surface area contributed by atoms with E-state index in [4.69, 9.17) is 0 Å². The summed E-state index contributed by atoms with van der Waals surface area (Å²) >= 11 is 0. The van der Waals surface area contributed by atoms with E-state index >= 15 is 0 Å². The highest BCUT2D eigenvalue weighted by Crippen LogP contribution is 2.40. The van der Waals surface area contributed by atoms with Crippen LogP contribution in [0.5, 0.6) is 0 Å². The van der Waals surface area contributed by atoms with Crippen molar-refractivity contribution in [3.05, 3.63) is 59.4 Å². The van der Waals surface area contributed by atoms with Gasteiger partial charge in [-0.3, -0.25) is 4.40 Å². The molecule has 1 aliphatic carbocycles. The number of benzene rings is 2. The first kappa shape index (κ1) is 18.1. The third-order valence-corrected chi connectivity index (χ3v) is 7.36. The molecule has 148 valence electrons. The highest BCUT2D eigenvalue weighted by molar-refractivity contribution is 7.92. The molecule has 0 atom stereocenters. The normalized spacial score (nSPS) is 14.6. The van der Waals surface area contributed by atoms with Gasteiger partial charge in [0.15, 0.2) is 5.82 Å². The number of hydrogen-bond acceptors (Lipinski definition) is 5. The Hall–Kier alpha value is -3.00. The molecule has 1 aliphatic rings. The van der Waals surface area contributed by atoms with Crippen LogP contribution < -0.4 is 4.31 Å². The van der Waals surface area contributed by atoms with Crippen molar-refractivity contribution in [1.29, 1.82) is 0 Å². The SMILES string of the molecule is Cc1ccc(S(=O)(=O)N(C)c2nc3ccccc3n3c(C4CC4)nnc23)cc1C. The standard InChI is InChI=1S/C21H21N5O2S/c1-13-8-11-16(12-14(13)2)29(27,28)25(3)20-21-24-23-19(15-9-10-15)26(21)18-7-5-4-6-17(18)22-20/h4-8,11-12,15H,9-10H2,1-3H3. The Morgan fingerprint density at radius 3 is 2.52 bits per heavy atom. The van der Waals surface area contributed by atoms with Crippen molar-refractivity contribution in [3.8, 4) is 0 Å². The topological polar surface area (TPSA) is 80.5 Å². The van der Waals surface area contributed by atoms with Crippen LogP contribution in [0.4, 0.5) is 5.82 Å². The van der Waals surface area contributed by atoms with Crippen molar-refractivity contribution in [2.24, 2.45) is 0 Å². The van der Waals surface area contributed by atoms with E-state index in [9.17, 15) is 8.42 Å². The van der Waals surface area contributed by atoms with Crippen molar-refractivity contribution in [2.45, 2.75) is 37.5 Å². The van der Waals surface area contributed by atoms with Gasteiger partial charge in [-0.15, -0.1) is 10.2 Å². The number of anilines is 1. The second kappa shape index (κ2) is 6.25. The number of aryl methyl sites for hydroxylation is 2. The first-order valence-electron chi connectivity index (χ1n) is 9.58. The third kappa shape index (κ3) is 2.78. The largest absolute Gasteiger partial charge is 0.274 e. The van der Waals surface area contributed by atoms with E-state index in [0.29, 0.717) is 17.1 Å². The number of para-hydroxylation sites is 2. The van der Waals surface area contributed by atoms with Crippen LogP contribution in [0.3, 0.4) is 0 Å². The van der Waals surface area contributed by atoms with Crippen molar-refractivity contribution in [3.63, 3.8) is 0 Å². The lowest BCUT2D eigenvalue weighted by Crippen LogP contribution is -2.28. The summed E-state index contributed by atoms with van der Waals surface area (Å²) in [5.74, 6) is 1.52. The summed E-state index contributed by atoms with van der Waals surface area (Å²) in [4.78, 5) is 4.89. The first-order valence-corrected chi connectivity index (χ1v) is 11.0. The molecule has 0 aliphatic heterocycles. The third-order valence-electron chi connectivity index (χ3n) is 5.61. The lowest BCUT2D eigenvalue weighted by Gasteiger charge is -2.20. The Labute approximate surface area is 169 Å². The molecular weight excluding hydrogens is 386 g/mol. The fourth-order valence-electron chi connectivity index (χ4n) is 3.55. The molecule has 1 fully saturated rings. The van der Waals surface area contributed by atoms with Gasteiger partial charge in [-0.05, 0) is 62.1 Å². The maximum Gasteiger partial charge on any atom is 0.265 e. The van der Waals surface area contributed by atoms with Gasteiger partial charge in [-0.25, -0.2) is 17.7 Å². The van der Waals surface area contributed by atoms with E-state index in [0.717, 1.165) is 35.3 Å². The molecule has 0 radical (unpaired) electrons. The van der Waals surface area contributed by atoms with Crippen LogP contribution in [0, 0.1) is 13.8 Å². The minimum atomic E-state index is -3.80. The number of sulfonamides is 1. The molecule has 4 aromatic rings. The number of nitrogens with zero attached hydrogens (tertiary/aromatic N) is 5. The maximum atomic E-state index is 13.4. The molecule has 2 aromatic carbocycles. The number of aromatic nitrogens is 4. The predicted molar refractivity (Wildman–Crippen MR) is 112 cm³/mol. The Balaban J connectivity index is 1.74. The van der Waals surface area contributed by atoms with Crippen LogP contribution in [0.2, 0.25) is 0 Å². The smallest absolute Gasteiger partial charge is 0.265 e. The fraction of sp³-hybridized carbons (Fsp3) is 0.286. The molecule has 7 nitrogen and oxygen atoms in total. The average molecular weight is 407 g/mol. The second-order valence-electron chi connectivity index (χ2n) is 7.63. The van der Waals surface area contributed by atoms with E-state index in [1.54, 1.807) is 12.1 Å². The van der Waals surface area contributed by atoms with Gasteiger partial charge < -0.3 is 0 Å². The van der Waals surface area contributed by atoms with Gasteiger partial charge in [0.05, 0.1) is 15.9 Å². The summed E-state index contributed by atoms with van der Waals surface area (Å²) in [6.45, 7) is 3.86. The van der Waals surface area contributed by atoms with Gasteiger partial charge in [0.2, 0.25) is 5.65 Å². The van der Waals surface area contributed by atoms with Crippen molar-refractivity contribution < 1.29 is 8.42 Å². The molecule has 0 N–H and O–H groups in total. The molecule has 0 spiro atoms. The molecule has 0 bridgehead atoms. The summed E-state index contributed by atoms with van der Waals surface area (Å²) < 4.78 is 29.9. The zero-order chi connectivity index (χ0) is 20.3. The van der Waals surface area contributed by atoms with E-state index in [1.807, 2.05) is 48.6 Å². The summed E-state index contributed by atoms with van der Waals surface area (Å²) in [7, 11) is -2.28. The van der Waals surface area contributed by atoms with Crippen molar-refractivity contribution >= 4 is 32.5 Å². The van der Waals surface area contributed by atoms with E-state index in [1.165, 1.54) is 11.4 Å². The van der Waals surface area contributed by atoms with Gasteiger partial charge in [-0.1, -0.05) is 18.2 Å². The van der Waals surface area contributed by atoms with Crippen molar-refractivity contribution in [2.75, 3.05) is 11.4 Å². The number of rotatable bonds is 4. The van der Waals surface area contributed by atoms with Gasteiger partial charge in [0.25, 0.3) is 10.0 Å². The Kier molecular flexibility index (Phi) is 3.89. The second-order valence-corrected chi connectivity index (χ2v) is 9.60. The highest BCUT2D eigenvalue weighted by Gasteiger charge is 2.32. The zero-order valence-corrected chi connectivity index (χ0v) is 17.3. The van der Waals surface area contributed by atoms with Crippen LogP contribution in [-0.4, -0.2) is 35.0 Å². The molecule has 0 unspecified atom stereocenters. The molecule has 5 rings (SSSR count). The highest BCUT2D eigenvalue weighted by atomic mass is 32.2. The molecule has 1 saturated carbocycles. The maximum absolute atomic E-state index is 13.4. The van der Waals surface area contributed by atoms with Crippen LogP contribution in [0.15, 0.2) is 47.4 Å².